The Labute approximate surface area is 128 Å². The second-order valence-electron chi connectivity index (χ2n) is 4.55. The normalized spacial score (nSPS) is 10.7. The highest BCUT2D eigenvalue weighted by Crippen LogP contribution is 2.30. The maximum absolute atomic E-state index is 12.2. The van der Waals surface area contributed by atoms with E-state index in [4.69, 9.17) is 5.11 Å². The second-order valence-corrected chi connectivity index (χ2v) is 6.58. The number of nitrogens with one attached hydrogen (secondary N) is 1. The first-order valence-electron chi connectivity index (χ1n) is 6.17. The quantitative estimate of drug-likeness (QED) is 0.760. The van der Waals surface area contributed by atoms with Gasteiger partial charge in [0.05, 0.1) is 10.4 Å². The molecule has 1 aromatic carbocycles. The van der Waals surface area contributed by atoms with Gasteiger partial charge in [0.1, 0.15) is 0 Å². The zero-order chi connectivity index (χ0) is 15.0. The molecule has 2 aromatic heterocycles. The maximum Gasteiger partial charge on any atom is 0.335 e. The van der Waals surface area contributed by atoms with Crippen molar-refractivity contribution in [2.45, 2.75) is 6.92 Å². The summed E-state index contributed by atoms with van der Waals surface area (Å²) >= 11 is 3.05. The molecule has 0 spiro atoms. The molecule has 3 rings (SSSR count). The number of carbonyl (C=O) groups is 2. The Morgan fingerprint density at radius 2 is 1.95 bits per heavy atom. The average molecular weight is 317 g/mol. The Kier molecular flexibility index (Phi) is 3.48. The topological polar surface area (TPSA) is 66.4 Å². The molecule has 2 heterocycles. The lowest BCUT2D eigenvalue weighted by Gasteiger charge is -2.08. The molecule has 2 N–H and O–H groups in total. The molecule has 0 fully saturated rings. The van der Waals surface area contributed by atoms with E-state index in [-0.39, 0.29) is 11.5 Å². The van der Waals surface area contributed by atoms with Crippen molar-refractivity contribution in [3.8, 4) is 0 Å². The molecule has 0 atom stereocenters. The van der Waals surface area contributed by atoms with Crippen LogP contribution in [0.5, 0.6) is 0 Å². The SMILES string of the molecule is Cc1cc(C(=O)O)ccc1NC(=O)c1cc2sccc2s1. The number of hydrogen-bond acceptors (Lipinski definition) is 4. The number of thiophene rings is 2. The van der Waals surface area contributed by atoms with Crippen molar-refractivity contribution in [2.75, 3.05) is 5.32 Å². The van der Waals surface area contributed by atoms with E-state index in [0.29, 0.717) is 10.6 Å². The van der Waals surface area contributed by atoms with Crippen LogP contribution in [0, 0.1) is 6.92 Å². The van der Waals surface area contributed by atoms with Gasteiger partial charge in [-0.3, -0.25) is 4.79 Å². The van der Waals surface area contributed by atoms with Gasteiger partial charge in [-0.15, -0.1) is 22.7 Å². The predicted molar refractivity (Wildman–Crippen MR) is 85.8 cm³/mol. The molecule has 0 aliphatic carbocycles. The van der Waals surface area contributed by atoms with E-state index < -0.39 is 5.97 Å². The van der Waals surface area contributed by atoms with E-state index in [0.717, 1.165) is 15.0 Å². The first-order chi connectivity index (χ1) is 10.0. The summed E-state index contributed by atoms with van der Waals surface area (Å²) < 4.78 is 2.20. The Hall–Kier alpha value is -2.18. The fourth-order valence-corrected chi connectivity index (χ4v) is 4.00. The van der Waals surface area contributed by atoms with Crippen molar-refractivity contribution in [2.24, 2.45) is 0 Å². The molecule has 0 bridgehead atoms. The number of carboxylic acids is 1. The molecule has 0 unspecified atom stereocenters. The van der Waals surface area contributed by atoms with Crippen LogP contribution in [0.4, 0.5) is 5.69 Å². The van der Waals surface area contributed by atoms with Crippen molar-refractivity contribution >= 4 is 49.6 Å². The third-order valence-corrected chi connectivity index (χ3v) is 5.18. The van der Waals surface area contributed by atoms with Crippen LogP contribution in [0.2, 0.25) is 0 Å². The van der Waals surface area contributed by atoms with Crippen LogP contribution in [0.1, 0.15) is 25.6 Å². The number of aryl methyl sites for hydroxylation is 1. The first kappa shape index (κ1) is 13.8. The van der Waals surface area contributed by atoms with Gasteiger partial charge in [0, 0.05) is 15.1 Å². The predicted octanol–water partition coefficient (Wildman–Crippen LogP) is 4.22. The summed E-state index contributed by atoms with van der Waals surface area (Å²) in [4.78, 5) is 23.8. The summed E-state index contributed by atoms with van der Waals surface area (Å²) in [5.74, 6) is -1.15. The van der Waals surface area contributed by atoms with Gasteiger partial charge in [-0.2, -0.15) is 0 Å². The van der Waals surface area contributed by atoms with Gasteiger partial charge in [0.2, 0.25) is 0 Å². The van der Waals surface area contributed by atoms with Crippen molar-refractivity contribution in [1.82, 2.24) is 0 Å². The summed E-state index contributed by atoms with van der Waals surface area (Å²) in [6.45, 7) is 1.77. The molecular formula is C15H11NO3S2. The molecule has 4 nitrogen and oxygen atoms in total. The van der Waals surface area contributed by atoms with Gasteiger partial charge < -0.3 is 10.4 Å². The average Bonchev–Trinajstić information content (AvgIpc) is 3.01. The minimum Gasteiger partial charge on any atom is -0.478 e. The molecule has 0 radical (unpaired) electrons. The fraction of sp³-hybridized carbons (Fsp3) is 0.0667. The summed E-state index contributed by atoms with van der Waals surface area (Å²) in [5.41, 5.74) is 1.56. The van der Waals surface area contributed by atoms with Gasteiger partial charge >= 0.3 is 5.97 Å². The summed E-state index contributed by atoms with van der Waals surface area (Å²) in [6.07, 6.45) is 0. The number of fused-ring (bicyclic) bond motifs is 1. The number of hydrogen-bond donors (Lipinski definition) is 2. The second kappa shape index (κ2) is 5.31. The molecule has 21 heavy (non-hydrogen) atoms. The van der Waals surface area contributed by atoms with Crippen LogP contribution in [-0.2, 0) is 0 Å². The molecule has 0 aliphatic rings. The number of carbonyl (C=O) groups excluding carboxylic acids is 1. The van der Waals surface area contributed by atoms with Gasteiger partial charge in [-0.1, -0.05) is 0 Å². The zero-order valence-corrected chi connectivity index (χ0v) is 12.7. The van der Waals surface area contributed by atoms with E-state index in [1.54, 1.807) is 30.4 Å². The fourth-order valence-electron chi connectivity index (χ4n) is 2.00. The number of rotatable bonds is 3. The van der Waals surface area contributed by atoms with Crippen molar-refractivity contribution in [3.63, 3.8) is 0 Å². The van der Waals surface area contributed by atoms with Crippen LogP contribution in [0.25, 0.3) is 9.40 Å². The third-order valence-electron chi connectivity index (χ3n) is 3.08. The summed E-state index contributed by atoms with van der Waals surface area (Å²) in [6, 6.07) is 8.52. The number of amides is 1. The molecular weight excluding hydrogens is 306 g/mol. The monoisotopic (exact) mass is 317 g/mol. The highest BCUT2D eigenvalue weighted by molar-refractivity contribution is 7.27. The Bertz CT molecular complexity index is 819. The summed E-state index contributed by atoms with van der Waals surface area (Å²) in [5, 5.41) is 13.8. The third kappa shape index (κ3) is 2.68. The first-order valence-corrected chi connectivity index (χ1v) is 7.86. The van der Waals surface area contributed by atoms with Crippen molar-refractivity contribution < 1.29 is 14.7 Å². The number of anilines is 1. The van der Waals surface area contributed by atoms with E-state index in [1.807, 2.05) is 17.5 Å². The van der Waals surface area contributed by atoms with Crippen molar-refractivity contribution in [3.05, 3.63) is 51.7 Å². The van der Waals surface area contributed by atoms with Gasteiger partial charge in [-0.05, 0) is 48.2 Å². The molecule has 3 aromatic rings. The Morgan fingerprint density at radius 1 is 1.14 bits per heavy atom. The molecule has 0 aliphatic heterocycles. The van der Waals surface area contributed by atoms with Gasteiger partial charge in [0.15, 0.2) is 0 Å². The van der Waals surface area contributed by atoms with E-state index in [9.17, 15) is 9.59 Å². The van der Waals surface area contributed by atoms with Crippen LogP contribution >= 0.6 is 22.7 Å². The summed E-state index contributed by atoms with van der Waals surface area (Å²) in [7, 11) is 0. The minimum absolute atomic E-state index is 0.172. The van der Waals surface area contributed by atoms with Crippen LogP contribution < -0.4 is 5.32 Å². The number of benzene rings is 1. The lowest BCUT2D eigenvalue weighted by molar-refractivity contribution is 0.0696. The van der Waals surface area contributed by atoms with E-state index in [2.05, 4.69) is 5.32 Å². The molecule has 6 heteroatoms. The molecule has 1 amide bonds. The highest BCUT2D eigenvalue weighted by Gasteiger charge is 2.13. The van der Waals surface area contributed by atoms with E-state index >= 15 is 0 Å². The van der Waals surface area contributed by atoms with Crippen molar-refractivity contribution in [1.29, 1.82) is 0 Å². The van der Waals surface area contributed by atoms with Crippen LogP contribution in [0.15, 0.2) is 35.7 Å². The lowest BCUT2D eigenvalue weighted by atomic mass is 10.1. The lowest BCUT2D eigenvalue weighted by Crippen LogP contribution is -2.11. The Morgan fingerprint density at radius 3 is 2.62 bits per heavy atom. The number of carboxylic acid groups (broad SMARTS) is 1. The standard InChI is InChI=1S/C15H11NO3S2/c1-8-6-9(15(18)19)2-3-10(8)16-14(17)13-7-12-11(21-13)4-5-20-12/h2-7H,1H3,(H,16,17)(H,18,19). The van der Waals surface area contributed by atoms with Crippen LogP contribution in [0.3, 0.4) is 0 Å². The largest absolute Gasteiger partial charge is 0.478 e. The minimum atomic E-state index is -0.977. The number of aromatic carboxylic acids is 1. The van der Waals surface area contributed by atoms with Crippen LogP contribution in [-0.4, -0.2) is 17.0 Å². The molecule has 106 valence electrons. The van der Waals surface area contributed by atoms with E-state index in [1.165, 1.54) is 17.4 Å². The van der Waals surface area contributed by atoms with Gasteiger partial charge in [-0.25, -0.2) is 4.79 Å². The Balaban J connectivity index is 1.84. The highest BCUT2D eigenvalue weighted by atomic mass is 32.1. The molecule has 0 saturated heterocycles. The smallest absolute Gasteiger partial charge is 0.335 e. The zero-order valence-electron chi connectivity index (χ0n) is 11.0. The van der Waals surface area contributed by atoms with Gasteiger partial charge in [0.25, 0.3) is 5.91 Å². The molecule has 0 saturated carbocycles. The maximum atomic E-state index is 12.2.